The predicted octanol–water partition coefficient (Wildman–Crippen LogP) is 7.31. The fourth-order valence-electron chi connectivity index (χ4n) is 6.04. The minimum absolute atomic E-state index is 0.00433. The summed E-state index contributed by atoms with van der Waals surface area (Å²) in [7, 11) is 2.96. The van der Waals surface area contributed by atoms with Gasteiger partial charge in [0.05, 0.1) is 53.7 Å². The van der Waals surface area contributed by atoms with E-state index in [4.69, 9.17) is 37.9 Å². The zero-order chi connectivity index (χ0) is 45.2. The normalized spacial score (nSPS) is 11.7. The molecule has 0 spiro atoms. The van der Waals surface area contributed by atoms with Gasteiger partial charge in [-0.05, 0) is 70.8 Å². The third-order valence-corrected chi connectivity index (χ3v) is 9.41. The number of aliphatic hydroxyl groups is 1. The number of rotatable bonds is 30. The largest absolute Gasteiger partial charge is 0.504 e. The maximum absolute atomic E-state index is 12.4. The zero-order valence-corrected chi connectivity index (χ0v) is 36.3. The molecule has 13 nitrogen and oxygen atoms in total. The number of hydrogen-bond acceptors (Lipinski definition) is 13. The molecule has 0 saturated heterocycles. The highest BCUT2D eigenvalue weighted by atomic mass is 16.6. The first kappa shape index (κ1) is 48.4. The van der Waals surface area contributed by atoms with Crippen molar-refractivity contribution < 1.29 is 57.7 Å². The van der Waals surface area contributed by atoms with E-state index < -0.39 is 6.10 Å². The van der Waals surface area contributed by atoms with Crippen molar-refractivity contribution >= 4 is 23.7 Å². The van der Waals surface area contributed by atoms with Crippen molar-refractivity contribution in [1.29, 1.82) is 0 Å². The minimum atomic E-state index is -0.741. The molecule has 0 amide bonds. The molecule has 0 fully saturated rings. The molecular weight excluding hydrogens is 819 g/mol. The number of methoxy groups -OCH3 is 2. The van der Waals surface area contributed by atoms with Gasteiger partial charge >= 0.3 is 0 Å². The molecule has 0 bridgehead atoms. The van der Waals surface area contributed by atoms with Gasteiger partial charge in [0.15, 0.2) is 46.1 Å². The Morgan fingerprint density at radius 2 is 1.19 bits per heavy atom. The Kier molecular flexibility index (Phi) is 20.7. The molecule has 0 radical (unpaired) electrons. The number of carbonyl (C=O) groups is 2. The van der Waals surface area contributed by atoms with Crippen LogP contribution < -0.4 is 33.7 Å². The second-order valence-corrected chi connectivity index (χ2v) is 14.3. The second kappa shape index (κ2) is 27.4. The number of benzene rings is 5. The van der Waals surface area contributed by atoms with Crippen LogP contribution in [0, 0.1) is 0 Å². The van der Waals surface area contributed by atoms with E-state index in [0.717, 1.165) is 12.0 Å². The molecule has 64 heavy (non-hydrogen) atoms. The molecule has 13 heteroatoms. The Bertz CT molecular complexity index is 2230. The third-order valence-electron chi connectivity index (χ3n) is 9.41. The first-order chi connectivity index (χ1) is 31.3. The monoisotopic (exact) mass is 875 g/mol. The van der Waals surface area contributed by atoms with E-state index in [9.17, 15) is 19.8 Å². The van der Waals surface area contributed by atoms with Crippen LogP contribution in [0.5, 0.6) is 40.2 Å². The van der Waals surface area contributed by atoms with Crippen molar-refractivity contribution in [1.82, 2.24) is 5.32 Å². The highest BCUT2D eigenvalue weighted by molar-refractivity contribution is 6.10. The average Bonchev–Trinajstić information content (AvgIpc) is 3.32. The van der Waals surface area contributed by atoms with Gasteiger partial charge in [-0.25, -0.2) is 0 Å². The summed E-state index contributed by atoms with van der Waals surface area (Å²) in [4.78, 5) is 24.7. The zero-order valence-electron chi connectivity index (χ0n) is 36.3. The van der Waals surface area contributed by atoms with Gasteiger partial charge in [0.1, 0.15) is 31.7 Å². The van der Waals surface area contributed by atoms with Crippen LogP contribution >= 0.6 is 0 Å². The maximum atomic E-state index is 12.4. The topological polar surface area (TPSA) is 160 Å². The number of ether oxygens (including phenoxy) is 8. The quantitative estimate of drug-likeness (QED) is 0.0240. The van der Waals surface area contributed by atoms with E-state index in [1.165, 1.54) is 38.0 Å². The van der Waals surface area contributed by atoms with E-state index in [1.54, 1.807) is 48.6 Å². The van der Waals surface area contributed by atoms with Crippen LogP contribution in [0.15, 0.2) is 127 Å². The van der Waals surface area contributed by atoms with Crippen molar-refractivity contribution in [2.24, 2.45) is 0 Å². The highest BCUT2D eigenvalue weighted by Crippen LogP contribution is 2.33. The molecule has 1 unspecified atom stereocenters. The summed E-state index contributed by atoms with van der Waals surface area (Å²) < 4.78 is 45.8. The van der Waals surface area contributed by atoms with Crippen LogP contribution in [-0.2, 0) is 32.1 Å². The van der Waals surface area contributed by atoms with E-state index in [0.29, 0.717) is 92.6 Å². The number of carbonyl (C=O) groups excluding carboxylic acids is 2. The molecule has 0 saturated carbocycles. The Labute approximate surface area is 374 Å². The summed E-state index contributed by atoms with van der Waals surface area (Å²) in [5.41, 5.74) is 3.57. The van der Waals surface area contributed by atoms with Crippen LogP contribution in [0.1, 0.15) is 28.7 Å². The van der Waals surface area contributed by atoms with Gasteiger partial charge in [0, 0.05) is 25.6 Å². The lowest BCUT2D eigenvalue weighted by Crippen LogP contribution is -2.33. The van der Waals surface area contributed by atoms with E-state index in [1.807, 2.05) is 60.7 Å². The van der Waals surface area contributed by atoms with Gasteiger partial charge < -0.3 is 53.4 Å². The summed E-state index contributed by atoms with van der Waals surface area (Å²) in [5, 5.41) is 23.4. The summed E-state index contributed by atoms with van der Waals surface area (Å²) in [6, 6.07) is 35.4. The van der Waals surface area contributed by atoms with Crippen LogP contribution in [0.25, 0.3) is 12.2 Å². The number of aromatic hydroxyl groups is 1. The molecule has 5 rings (SSSR count). The fourth-order valence-corrected chi connectivity index (χ4v) is 6.04. The van der Waals surface area contributed by atoms with Gasteiger partial charge in [-0.3, -0.25) is 9.59 Å². The molecule has 0 aliphatic rings. The number of phenols is 1. The third kappa shape index (κ3) is 17.6. The number of nitrogens with one attached hydrogen (secondary N) is 1. The Hall–Kier alpha value is -6.64. The second-order valence-electron chi connectivity index (χ2n) is 14.3. The number of ketones is 2. The number of aliphatic hydroxyl groups excluding tert-OH is 1. The van der Waals surface area contributed by atoms with Crippen LogP contribution in [0.2, 0.25) is 0 Å². The van der Waals surface area contributed by atoms with Crippen molar-refractivity contribution in [2.75, 3.05) is 73.6 Å². The molecule has 5 aromatic rings. The number of phenolic OH excluding ortho intramolecular Hbond substituents is 1. The van der Waals surface area contributed by atoms with Gasteiger partial charge in [-0.2, -0.15) is 0 Å². The lowest BCUT2D eigenvalue weighted by atomic mass is 10.1. The van der Waals surface area contributed by atoms with Crippen LogP contribution in [-0.4, -0.2) is 101 Å². The molecule has 0 aliphatic heterocycles. The first-order valence-corrected chi connectivity index (χ1v) is 21.0. The van der Waals surface area contributed by atoms with Gasteiger partial charge in [-0.1, -0.05) is 84.9 Å². The SMILES string of the molecule is COc1cc(/C=C/C(=O)CC(=O)/C=C/c2ccc(OCCOCCOCCNCC(O)COc3ccc(OCCc4ccccc4)c(OCc4ccccc4)c3)c(OC)c2)ccc1O. The van der Waals surface area contributed by atoms with E-state index in [2.05, 4.69) is 17.4 Å². The van der Waals surface area contributed by atoms with E-state index >= 15 is 0 Å². The summed E-state index contributed by atoms with van der Waals surface area (Å²) in [6.45, 7) is 3.67. The lowest BCUT2D eigenvalue weighted by molar-refractivity contribution is -0.121. The van der Waals surface area contributed by atoms with Crippen LogP contribution in [0.3, 0.4) is 0 Å². The lowest BCUT2D eigenvalue weighted by Gasteiger charge is -2.17. The van der Waals surface area contributed by atoms with Crippen molar-refractivity contribution in [3.63, 3.8) is 0 Å². The average molecular weight is 876 g/mol. The van der Waals surface area contributed by atoms with Gasteiger partial charge in [0.2, 0.25) is 0 Å². The molecular formula is C51H57NO12. The first-order valence-electron chi connectivity index (χ1n) is 21.0. The van der Waals surface area contributed by atoms with Crippen LogP contribution in [0.4, 0.5) is 0 Å². The summed E-state index contributed by atoms with van der Waals surface area (Å²) in [6.07, 6.45) is 5.57. The molecule has 1 atom stereocenters. The van der Waals surface area contributed by atoms with Crippen molar-refractivity contribution in [3.8, 4) is 40.2 Å². The summed E-state index contributed by atoms with van der Waals surface area (Å²) in [5.74, 6) is 2.33. The molecule has 338 valence electrons. The number of allylic oxidation sites excluding steroid dienone is 2. The Morgan fingerprint density at radius 1 is 0.594 bits per heavy atom. The predicted molar refractivity (Wildman–Crippen MR) is 245 cm³/mol. The molecule has 0 aromatic heterocycles. The summed E-state index contributed by atoms with van der Waals surface area (Å²) >= 11 is 0. The Balaban J connectivity index is 0.913. The number of hydrogen-bond donors (Lipinski definition) is 3. The molecule has 0 heterocycles. The van der Waals surface area contributed by atoms with Crippen molar-refractivity contribution in [2.45, 2.75) is 25.6 Å². The smallest absolute Gasteiger partial charge is 0.165 e. The molecule has 5 aromatic carbocycles. The molecule has 3 N–H and O–H groups in total. The maximum Gasteiger partial charge on any atom is 0.165 e. The van der Waals surface area contributed by atoms with Gasteiger partial charge in [0.25, 0.3) is 0 Å². The Morgan fingerprint density at radius 3 is 1.89 bits per heavy atom. The van der Waals surface area contributed by atoms with Crippen molar-refractivity contribution in [3.05, 3.63) is 150 Å². The highest BCUT2D eigenvalue weighted by Gasteiger charge is 2.12. The standard InChI is InChI=1S/C51H57NO12/c1-57-49-31-39(15-20-46(49)56)13-17-42(53)33-43(54)18-14-40-16-21-47(50(32-40)58-2)62-30-29-60-28-27-59-26-24-52-35-44(55)37-63-45-19-22-48(61-25-23-38-9-5-3-6-10-38)51(34-45)64-36-41-11-7-4-8-12-41/h3-22,31-32,34,44,52,55-56H,23-30,33,35-37H2,1-2H3/b17-13+,18-14+. The van der Waals surface area contributed by atoms with Gasteiger partial charge in [-0.15, -0.1) is 0 Å². The molecule has 0 aliphatic carbocycles. The van der Waals surface area contributed by atoms with E-state index in [-0.39, 0.29) is 42.7 Å². The fraction of sp³-hybridized carbons (Fsp3) is 0.294. The minimum Gasteiger partial charge on any atom is -0.504 e.